The van der Waals surface area contributed by atoms with Gasteiger partial charge < -0.3 is 4.98 Å². The van der Waals surface area contributed by atoms with Crippen LogP contribution < -0.4 is 5.56 Å². The van der Waals surface area contributed by atoms with E-state index >= 15 is 0 Å². The van der Waals surface area contributed by atoms with Gasteiger partial charge in [-0.05, 0) is 25.3 Å². The topological polar surface area (TPSA) is 71.5 Å². The van der Waals surface area contributed by atoms with Crippen molar-refractivity contribution in [2.75, 3.05) is 0 Å². The molecule has 4 aromatic rings. The fraction of sp³-hybridized carbons (Fsp3) is 0.200. The molecule has 122 valence electrons. The third kappa shape index (κ3) is 2.92. The average molecular weight is 393 g/mol. The molecule has 0 fully saturated rings. The lowest BCUT2D eigenvalue weighted by Gasteiger charge is -2.08. The number of nitrogens with one attached hydrogen (secondary N) is 1. The minimum absolute atomic E-state index is 0.00161. The van der Waals surface area contributed by atoms with Crippen LogP contribution in [-0.2, 0) is 0 Å². The first-order valence-electron chi connectivity index (χ1n) is 7.14. The van der Waals surface area contributed by atoms with Gasteiger partial charge in [-0.3, -0.25) is 4.79 Å². The van der Waals surface area contributed by atoms with Gasteiger partial charge in [0, 0.05) is 15.8 Å². The number of aryl methyl sites for hydroxylation is 1. The van der Waals surface area contributed by atoms with Crippen molar-refractivity contribution in [3.8, 4) is 10.4 Å². The maximum absolute atomic E-state index is 12.6. The summed E-state index contributed by atoms with van der Waals surface area (Å²) in [4.78, 5) is 22.1. The van der Waals surface area contributed by atoms with E-state index in [9.17, 15) is 4.79 Å². The molecule has 9 heteroatoms. The molecule has 1 atom stereocenters. The molecule has 4 heterocycles. The van der Waals surface area contributed by atoms with Crippen molar-refractivity contribution in [2.45, 2.75) is 23.4 Å². The number of aromatic amines is 1. The summed E-state index contributed by atoms with van der Waals surface area (Å²) in [5, 5.41) is 13.8. The zero-order chi connectivity index (χ0) is 16.7. The summed E-state index contributed by atoms with van der Waals surface area (Å²) < 4.78 is 0.883. The predicted octanol–water partition coefficient (Wildman–Crippen LogP) is 4.73. The lowest BCUT2D eigenvalue weighted by atomic mass is 10.2. The Morgan fingerprint density at radius 1 is 1.29 bits per heavy atom. The van der Waals surface area contributed by atoms with Crippen molar-refractivity contribution in [1.29, 1.82) is 0 Å². The smallest absolute Gasteiger partial charge is 0.260 e. The number of nitrogens with zero attached hydrogens (tertiary/aromatic N) is 3. The third-order valence-corrected chi connectivity index (χ3v) is 7.23. The van der Waals surface area contributed by atoms with Gasteiger partial charge in [0.05, 0.1) is 10.6 Å². The Morgan fingerprint density at radius 3 is 2.88 bits per heavy atom. The van der Waals surface area contributed by atoms with Crippen molar-refractivity contribution >= 4 is 56.0 Å². The minimum atomic E-state index is -0.0828. The van der Waals surface area contributed by atoms with Gasteiger partial charge >= 0.3 is 0 Å². The molecular weight excluding hydrogens is 380 g/mol. The highest BCUT2D eigenvalue weighted by Gasteiger charge is 2.18. The van der Waals surface area contributed by atoms with Crippen LogP contribution in [0.25, 0.3) is 20.7 Å². The first-order valence-corrected chi connectivity index (χ1v) is 10.6. The quantitative estimate of drug-likeness (QED) is 0.509. The second kappa shape index (κ2) is 6.40. The number of H-pyrrole nitrogens is 1. The minimum Gasteiger partial charge on any atom is -0.309 e. The molecule has 4 rings (SSSR count). The summed E-state index contributed by atoms with van der Waals surface area (Å²) in [6.07, 6.45) is 0. The highest BCUT2D eigenvalue weighted by Crippen LogP contribution is 2.37. The molecule has 0 aromatic carbocycles. The second-order valence-electron chi connectivity index (χ2n) is 5.11. The van der Waals surface area contributed by atoms with Crippen LogP contribution in [0.15, 0.2) is 32.0 Å². The Kier molecular flexibility index (Phi) is 4.25. The predicted molar refractivity (Wildman–Crippen MR) is 102 cm³/mol. The van der Waals surface area contributed by atoms with Crippen molar-refractivity contribution in [3.63, 3.8) is 0 Å². The molecule has 0 bridgehead atoms. The Labute approximate surface area is 153 Å². The monoisotopic (exact) mass is 392 g/mol. The van der Waals surface area contributed by atoms with Gasteiger partial charge in [0.15, 0.2) is 4.34 Å². The van der Waals surface area contributed by atoms with Crippen LogP contribution in [0.2, 0.25) is 0 Å². The summed E-state index contributed by atoms with van der Waals surface area (Å²) in [5.41, 5.74) is 0.880. The van der Waals surface area contributed by atoms with Crippen LogP contribution in [0.5, 0.6) is 0 Å². The molecule has 0 radical (unpaired) electrons. The van der Waals surface area contributed by atoms with Gasteiger partial charge in [-0.1, -0.05) is 29.2 Å². The van der Waals surface area contributed by atoms with E-state index in [0.29, 0.717) is 11.2 Å². The number of hydrogen-bond acceptors (Lipinski definition) is 8. The Bertz CT molecular complexity index is 1050. The summed E-state index contributed by atoms with van der Waals surface area (Å²) in [6, 6.07) is 4.01. The van der Waals surface area contributed by atoms with Crippen molar-refractivity contribution in [1.82, 2.24) is 20.2 Å². The van der Waals surface area contributed by atoms with E-state index in [1.54, 1.807) is 34.4 Å². The molecule has 0 amide bonds. The maximum atomic E-state index is 12.6. The highest BCUT2D eigenvalue weighted by atomic mass is 32.2. The number of thiophene rings is 2. The van der Waals surface area contributed by atoms with E-state index in [2.05, 4.69) is 20.2 Å². The van der Waals surface area contributed by atoms with E-state index in [4.69, 9.17) is 0 Å². The zero-order valence-electron chi connectivity index (χ0n) is 12.8. The van der Waals surface area contributed by atoms with Crippen LogP contribution in [-0.4, -0.2) is 20.2 Å². The summed E-state index contributed by atoms with van der Waals surface area (Å²) >= 11 is 6.24. The number of aromatic nitrogens is 4. The highest BCUT2D eigenvalue weighted by molar-refractivity contribution is 8.01. The van der Waals surface area contributed by atoms with Crippen molar-refractivity contribution in [2.24, 2.45) is 0 Å². The van der Waals surface area contributed by atoms with Gasteiger partial charge in [-0.15, -0.1) is 32.9 Å². The molecule has 5 nitrogen and oxygen atoms in total. The Hall–Kier alpha value is -1.55. The first kappa shape index (κ1) is 15.9. The number of rotatable bonds is 4. The van der Waals surface area contributed by atoms with E-state index in [0.717, 1.165) is 24.6 Å². The Morgan fingerprint density at radius 2 is 2.17 bits per heavy atom. The van der Waals surface area contributed by atoms with Crippen LogP contribution in [0, 0.1) is 6.92 Å². The van der Waals surface area contributed by atoms with Crippen molar-refractivity contribution in [3.05, 3.63) is 44.1 Å². The lowest BCUT2D eigenvalue weighted by molar-refractivity contribution is 0.917. The second-order valence-corrected chi connectivity index (χ2v) is 9.68. The molecule has 0 aliphatic rings. The molecule has 0 aliphatic carbocycles. The lowest BCUT2D eigenvalue weighted by Crippen LogP contribution is -2.12. The van der Waals surface area contributed by atoms with E-state index < -0.39 is 0 Å². The van der Waals surface area contributed by atoms with Crippen LogP contribution in [0.1, 0.15) is 23.0 Å². The Balaban J connectivity index is 1.72. The standard InChI is InChI=1S/C15H12N4OS4/c1-7(23-15-19-18-8(2)24-15)12-16-13(20)11-9(6-22-14(11)17-12)10-4-3-5-21-10/h3-7H,1-2H3,(H,16,17,20). The molecule has 0 saturated heterocycles. The van der Waals surface area contributed by atoms with E-state index in [1.165, 1.54) is 11.3 Å². The fourth-order valence-electron chi connectivity index (χ4n) is 2.30. The molecule has 0 spiro atoms. The molecule has 0 saturated carbocycles. The molecular formula is C15H12N4OS4. The third-order valence-electron chi connectivity index (χ3n) is 3.42. The van der Waals surface area contributed by atoms with Gasteiger partial charge in [0.25, 0.3) is 5.56 Å². The average Bonchev–Trinajstić information content (AvgIpc) is 3.27. The number of fused-ring (bicyclic) bond motifs is 1. The van der Waals surface area contributed by atoms with Crippen LogP contribution in [0.3, 0.4) is 0 Å². The summed E-state index contributed by atoms with van der Waals surface area (Å²) in [7, 11) is 0. The van der Waals surface area contributed by atoms with E-state index in [-0.39, 0.29) is 10.8 Å². The fourth-order valence-corrected chi connectivity index (χ4v) is 6.09. The first-order chi connectivity index (χ1) is 11.6. The SMILES string of the molecule is Cc1nnc(SC(C)c2nc3scc(-c4cccs4)c3c(=O)[nH]2)s1. The summed E-state index contributed by atoms with van der Waals surface area (Å²) in [6.45, 7) is 3.94. The van der Waals surface area contributed by atoms with Crippen LogP contribution in [0.4, 0.5) is 0 Å². The largest absolute Gasteiger partial charge is 0.309 e. The van der Waals surface area contributed by atoms with Gasteiger partial charge in [-0.2, -0.15) is 0 Å². The van der Waals surface area contributed by atoms with Crippen LogP contribution >= 0.6 is 45.8 Å². The molecule has 24 heavy (non-hydrogen) atoms. The molecule has 1 unspecified atom stereocenters. The zero-order valence-corrected chi connectivity index (χ0v) is 16.0. The normalized spacial score (nSPS) is 12.8. The number of thioether (sulfide) groups is 1. The summed E-state index contributed by atoms with van der Waals surface area (Å²) in [5.74, 6) is 0.671. The van der Waals surface area contributed by atoms with Crippen molar-refractivity contribution < 1.29 is 0 Å². The van der Waals surface area contributed by atoms with Gasteiger partial charge in [-0.25, -0.2) is 4.98 Å². The molecule has 1 N–H and O–H groups in total. The molecule has 0 aliphatic heterocycles. The van der Waals surface area contributed by atoms with Gasteiger partial charge in [0.2, 0.25) is 0 Å². The van der Waals surface area contributed by atoms with E-state index in [1.807, 2.05) is 36.7 Å². The van der Waals surface area contributed by atoms with Gasteiger partial charge in [0.1, 0.15) is 15.7 Å². The maximum Gasteiger partial charge on any atom is 0.260 e. The number of hydrogen-bond donors (Lipinski definition) is 1. The molecule has 4 aromatic heterocycles.